The molecule has 0 saturated carbocycles. The van der Waals surface area contributed by atoms with E-state index in [1.165, 1.54) is 12.1 Å². The van der Waals surface area contributed by atoms with Crippen molar-refractivity contribution in [3.8, 4) is 5.75 Å². The van der Waals surface area contributed by atoms with Crippen molar-refractivity contribution in [2.24, 2.45) is 5.73 Å². The molecule has 0 bridgehead atoms. The molecule has 0 aliphatic rings. The second-order valence-corrected chi connectivity index (χ2v) is 3.83. The van der Waals surface area contributed by atoms with Gasteiger partial charge in [0.2, 0.25) is 0 Å². The van der Waals surface area contributed by atoms with E-state index in [1.807, 2.05) is 0 Å². The van der Waals surface area contributed by atoms with Crippen molar-refractivity contribution in [3.63, 3.8) is 0 Å². The normalized spacial score (nSPS) is 14.1. The first kappa shape index (κ1) is 13.4. The van der Waals surface area contributed by atoms with E-state index in [9.17, 15) is 15.2 Å². The number of benzene rings is 1. The summed E-state index contributed by atoms with van der Waals surface area (Å²) >= 11 is 0. The van der Waals surface area contributed by atoms with Gasteiger partial charge in [0.1, 0.15) is 6.10 Å². The van der Waals surface area contributed by atoms with E-state index in [0.717, 1.165) is 0 Å². The smallest absolute Gasteiger partial charge is 0.311 e. The summed E-state index contributed by atoms with van der Waals surface area (Å²) in [5.74, 6) is 0.139. The first-order valence-electron chi connectivity index (χ1n) is 5.27. The molecule has 0 spiro atoms. The van der Waals surface area contributed by atoms with Crippen LogP contribution in [0.1, 0.15) is 19.4 Å². The Balaban J connectivity index is 3.02. The Morgan fingerprint density at radius 1 is 1.53 bits per heavy atom. The van der Waals surface area contributed by atoms with Crippen LogP contribution in [-0.2, 0) is 6.54 Å². The average Bonchev–Trinajstić information content (AvgIpc) is 2.29. The molecule has 2 atom stereocenters. The molecule has 17 heavy (non-hydrogen) atoms. The number of aliphatic hydroxyl groups is 1. The van der Waals surface area contributed by atoms with Crippen molar-refractivity contribution >= 4 is 5.69 Å². The number of nitro benzene ring substituents is 1. The van der Waals surface area contributed by atoms with E-state index in [-0.39, 0.29) is 18.0 Å². The van der Waals surface area contributed by atoms with Crippen LogP contribution in [0.3, 0.4) is 0 Å². The number of aliphatic hydroxyl groups excluding tert-OH is 1. The highest BCUT2D eigenvalue weighted by Crippen LogP contribution is 2.29. The van der Waals surface area contributed by atoms with Gasteiger partial charge in [-0.3, -0.25) is 10.1 Å². The van der Waals surface area contributed by atoms with Gasteiger partial charge in [-0.25, -0.2) is 0 Å². The highest BCUT2D eigenvalue weighted by molar-refractivity contribution is 5.48. The van der Waals surface area contributed by atoms with Crippen LogP contribution in [-0.4, -0.2) is 22.2 Å². The maximum Gasteiger partial charge on any atom is 0.311 e. The molecule has 0 amide bonds. The maximum absolute atomic E-state index is 10.9. The van der Waals surface area contributed by atoms with E-state index >= 15 is 0 Å². The van der Waals surface area contributed by atoms with Crippen LogP contribution >= 0.6 is 0 Å². The third-order valence-corrected chi connectivity index (χ3v) is 2.45. The van der Waals surface area contributed by atoms with Crippen LogP contribution in [0.4, 0.5) is 5.69 Å². The third-order valence-electron chi connectivity index (χ3n) is 2.45. The summed E-state index contributed by atoms with van der Waals surface area (Å²) < 4.78 is 5.34. The van der Waals surface area contributed by atoms with Crippen LogP contribution < -0.4 is 10.5 Å². The van der Waals surface area contributed by atoms with Crippen molar-refractivity contribution in [2.75, 3.05) is 0 Å². The molecule has 0 radical (unpaired) electrons. The first-order valence-corrected chi connectivity index (χ1v) is 5.27. The van der Waals surface area contributed by atoms with Crippen molar-refractivity contribution in [3.05, 3.63) is 33.9 Å². The maximum atomic E-state index is 10.9. The van der Waals surface area contributed by atoms with E-state index in [1.54, 1.807) is 19.9 Å². The van der Waals surface area contributed by atoms with Crippen molar-refractivity contribution in [1.82, 2.24) is 0 Å². The quantitative estimate of drug-likeness (QED) is 0.595. The van der Waals surface area contributed by atoms with Gasteiger partial charge in [0.25, 0.3) is 0 Å². The number of nitrogens with zero attached hydrogens (tertiary/aromatic N) is 1. The topological polar surface area (TPSA) is 98.6 Å². The molecule has 6 heteroatoms. The molecule has 2 unspecified atom stereocenters. The number of hydrogen-bond donors (Lipinski definition) is 2. The van der Waals surface area contributed by atoms with E-state index in [2.05, 4.69) is 0 Å². The molecule has 0 fully saturated rings. The van der Waals surface area contributed by atoms with Crippen LogP contribution in [0.5, 0.6) is 5.75 Å². The Morgan fingerprint density at radius 3 is 2.65 bits per heavy atom. The van der Waals surface area contributed by atoms with Crippen molar-refractivity contribution in [1.29, 1.82) is 0 Å². The van der Waals surface area contributed by atoms with Gasteiger partial charge >= 0.3 is 5.69 Å². The van der Waals surface area contributed by atoms with Crippen LogP contribution in [0.2, 0.25) is 0 Å². The number of ether oxygens (including phenoxy) is 1. The Labute approximate surface area is 99.2 Å². The van der Waals surface area contributed by atoms with Gasteiger partial charge in [0, 0.05) is 12.6 Å². The summed E-state index contributed by atoms with van der Waals surface area (Å²) in [6.07, 6.45) is -1.22. The van der Waals surface area contributed by atoms with Crippen LogP contribution in [0.25, 0.3) is 0 Å². The molecule has 1 rings (SSSR count). The van der Waals surface area contributed by atoms with Gasteiger partial charge in [0.05, 0.1) is 11.0 Å². The summed E-state index contributed by atoms with van der Waals surface area (Å²) in [6.45, 7) is 3.43. The van der Waals surface area contributed by atoms with Crippen LogP contribution in [0.15, 0.2) is 18.2 Å². The molecular weight excluding hydrogens is 224 g/mol. The molecule has 0 aliphatic heterocycles. The lowest BCUT2D eigenvalue weighted by molar-refractivity contribution is -0.386. The Kier molecular flexibility index (Phi) is 4.42. The Hall–Kier alpha value is -1.66. The third kappa shape index (κ3) is 3.40. The molecule has 3 N–H and O–H groups in total. The van der Waals surface area contributed by atoms with Gasteiger partial charge in [-0.2, -0.15) is 0 Å². The fraction of sp³-hybridized carbons (Fsp3) is 0.455. The molecule has 1 aromatic rings. The summed E-state index contributed by atoms with van der Waals surface area (Å²) in [5.41, 5.74) is 5.94. The highest BCUT2D eigenvalue weighted by atomic mass is 16.6. The first-order chi connectivity index (χ1) is 7.95. The SMILES string of the molecule is CC(O)C(C)Oc1ccc(CN)cc1[N+](=O)[O-]. The van der Waals surface area contributed by atoms with Crippen molar-refractivity contribution < 1.29 is 14.8 Å². The van der Waals surface area contributed by atoms with E-state index in [4.69, 9.17) is 10.5 Å². The summed E-state index contributed by atoms with van der Waals surface area (Å²) in [7, 11) is 0. The minimum absolute atomic E-state index is 0.138. The van der Waals surface area contributed by atoms with E-state index in [0.29, 0.717) is 5.56 Å². The summed E-state index contributed by atoms with van der Waals surface area (Å²) in [4.78, 5) is 10.3. The molecule has 94 valence electrons. The molecule has 6 nitrogen and oxygen atoms in total. The van der Waals surface area contributed by atoms with Gasteiger partial charge < -0.3 is 15.6 Å². The van der Waals surface area contributed by atoms with Gasteiger partial charge in [-0.1, -0.05) is 6.07 Å². The lowest BCUT2D eigenvalue weighted by Crippen LogP contribution is -2.25. The number of nitro groups is 1. The standard InChI is InChI=1S/C11H16N2O4/c1-7(14)8(2)17-11-4-3-9(6-12)5-10(11)13(15)16/h3-5,7-8,14H,6,12H2,1-2H3. The predicted molar refractivity (Wildman–Crippen MR) is 62.8 cm³/mol. The molecule has 0 heterocycles. The van der Waals surface area contributed by atoms with Crippen LogP contribution in [0, 0.1) is 10.1 Å². The minimum Gasteiger partial charge on any atom is -0.481 e. The fourth-order valence-electron chi connectivity index (χ4n) is 1.23. The second kappa shape index (κ2) is 5.60. The monoisotopic (exact) mass is 240 g/mol. The molecule has 1 aromatic carbocycles. The fourth-order valence-corrected chi connectivity index (χ4v) is 1.23. The molecular formula is C11H16N2O4. The van der Waals surface area contributed by atoms with E-state index < -0.39 is 17.1 Å². The molecule has 0 aliphatic carbocycles. The number of nitrogens with two attached hydrogens (primary N) is 1. The number of hydrogen-bond acceptors (Lipinski definition) is 5. The zero-order valence-electron chi connectivity index (χ0n) is 9.79. The minimum atomic E-state index is -0.705. The Morgan fingerprint density at radius 2 is 2.18 bits per heavy atom. The largest absolute Gasteiger partial charge is 0.481 e. The lowest BCUT2D eigenvalue weighted by atomic mass is 10.2. The summed E-state index contributed by atoms with van der Waals surface area (Å²) in [6, 6.07) is 4.54. The highest BCUT2D eigenvalue weighted by Gasteiger charge is 2.19. The zero-order chi connectivity index (χ0) is 13.0. The number of rotatable bonds is 5. The average molecular weight is 240 g/mol. The lowest BCUT2D eigenvalue weighted by Gasteiger charge is -2.17. The molecule has 0 saturated heterocycles. The van der Waals surface area contributed by atoms with Gasteiger partial charge in [-0.15, -0.1) is 0 Å². The predicted octanol–water partition coefficient (Wildman–Crippen LogP) is 1.20. The van der Waals surface area contributed by atoms with Gasteiger partial charge in [-0.05, 0) is 25.5 Å². The zero-order valence-corrected chi connectivity index (χ0v) is 9.79. The Bertz CT molecular complexity index is 406. The second-order valence-electron chi connectivity index (χ2n) is 3.83. The van der Waals surface area contributed by atoms with Gasteiger partial charge in [0.15, 0.2) is 5.75 Å². The molecule has 0 aromatic heterocycles. The summed E-state index contributed by atoms with van der Waals surface area (Å²) in [5, 5.41) is 20.2. The van der Waals surface area contributed by atoms with Crippen molar-refractivity contribution in [2.45, 2.75) is 32.6 Å².